The highest BCUT2D eigenvalue weighted by Gasteiger charge is 2.27. The van der Waals surface area contributed by atoms with Gasteiger partial charge >= 0.3 is 0 Å². The highest BCUT2D eigenvalue weighted by Crippen LogP contribution is 2.19. The second-order valence-electron chi connectivity index (χ2n) is 6.80. The van der Waals surface area contributed by atoms with E-state index in [2.05, 4.69) is 10.2 Å². The summed E-state index contributed by atoms with van der Waals surface area (Å²) in [5.74, 6) is 0.786. The summed E-state index contributed by atoms with van der Waals surface area (Å²) in [6, 6.07) is 7.96. The quantitative estimate of drug-likeness (QED) is 0.716. The summed E-state index contributed by atoms with van der Waals surface area (Å²) in [4.78, 5) is 14.3. The number of hydrogen-bond acceptors (Lipinski definition) is 5. The van der Waals surface area contributed by atoms with E-state index in [9.17, 15) is 13.2 Å². The summed E-state index contributed by atoms with van der Waals surface area (Å²) in [5.41, 5.74) is 2.06. The number of benzene rings is 1. The zero-order valence-electron chi connectivity index (χ0n) is 16.1. The van der Waals surface area contributed by atoms with Crippen LogP contribution in [0, 0.1) is 11.7 Å². The molecule has 3 rings (SSSR count). The molecule has 1 saturated heterocycles. The van der Waals surface area contributed by atoms with Gasteiger partial charge in [-0.15, -0.1) is 0 Å². The Balaban J connectivity index is 1.63. The maximum atomic E-state index is 12.6. The number of aromatic nitrogens is 3. The number of nitrogens with one attached hydrogen (secondary N) is 1. The summed E-state index contributed by atoms with van der Waals surface area (Å²) in [7, 11) is -3.20. The molecule has 2 heterocycles. The molecule has 0 aliphatic carbocycles. The second-order valence-corrected chi connectivity index (χ2v) is 9.45. The number of hydrogen-bond donors (Lipinski definition) is 1. The molecule has 1 aliphatic heterocycles. The summed E-state index contributed by atoms with van der Waals surface area (Å²) >= 11 is 5.33. The van der Waals surface area contributed by atoms with E-state index in [-0.39, 0.29) is 18.1 Å². The molecule has 0 spiro atoms. The van der Waals surface area contributed by atoms with Gasteiger partial charge in [-0.2, -0.15) is 9.40 Å². The third-order valence-corrected chi connectivity index (χ3v) is 7.13. The van der Waals surface area contributed by atoms with Crippen LogP contribution in [0.15, 0.2) is 24.3 Å². The number of piperazine rings is 1. The van der Waals surface area contributed by atoms with Crippen molar-refractivity contribution in [3.05, 3.63) is 34.6 Å². The van der Waals surface area contributed by atoms with Crippen LogP contribution in [0.5, 0.6) is 0 Å². The largest absolute Gasteiger partial charge is 0.340 e. The molecular formula is C18H25N5O3S2. The molecule has 10 heteroatoms. The zero-order valence-corrected chi connectivity index (χ0v) is 17.7. The van der Waals surface area contributed by atoms with Crippen LogP contribution in [0.3, 0.4) is 0 Å². The highest BCUT2D eigenvalue weighted by atomic mass is 32.2. The van der Waals surface area contributed by atoms with Crippen molar-refractivity contribution in [2.24, 2.45) is 0 Å². The van der Waals surface area contributed by atoms with E-state index in [1.807, 2.05) is 35.8 Å². The maximum Gasteiger partial charge on any atom is 0.224 e. The molecule has 1 amide bonds. The smallest absolute Gasteiger partial charge is 0.224 e. The van der Waals surface area contributed by atoms with Crippen molar-refractivity contribution < 1.29 is 13.2 Å². The minimum Gasteiger partial charge on any atom is -0.340 e. The van der Waals surface area contributed by atoms with Crippen LogP contribution in [-0.4, -0.2) is 70.2 Å². The fraction of sp³-hybridized carbons (Fsp3) is 0.500. The SMILES string of the molecule is CCS(=O)(=O)N1CCN(C(=O)CCn2c(-c3cccc(C)c3)n[nH]c2=S)CC1. The third-order valence-electron chi connectivity index (χ3n) is 4.93. The van der Waals surface area contributed by atoms with Gasteiger partial charge in [0, 0.05) is 44.7 Å². The van der Waals surface area contributed by atoms with Crippen LogP contribution in [0.4, 0.5) is 0 Å². The molecule has 0 unspecified atom stereocenters. The number of carbonyl (C=O) groups is 1. The van der Waals surface area contributed by atoms with Crippen molar-refractivity contribution in [2.75, 3.05) is 31.9 Å². The third kappa shape index (κ3) is 4.50. The molecule has 0 atom stereocenters. The van der Waals surface area contributed by atoms with Crippen LogP contribution in [0.1, 0.15) is 18.9 Å². The van der Waals surface area contributed by atoms with Crippen LogP contribution < -0.4 is 0 Å². The van der Waals surface area contributed by atoms with Gasteiger partial charge in [-0.05, 0) is 32.1 Å². The van der Waals surface area contributed by atoms with Gasteiger partial charge in [0.25, 0.3) is 0 Å². The first kappa shape index (κ1) is 20.7. The lowest BCUT2D eigenvalue weighted by Gasteiger charge is -2.33. The molecule has 1 aromatic carbocycles. The lowest BCUT2D eigenvalue weighted by atomic mass is 10.1. The van der Waals surface area contributed by atoms with Crippen LogP contribution in [0.2, 0.25) is 0 Å². The average Bonchev–Trinajstić information content (AvgIpc) is 3.06. The molecule has 0 bridgehead atoms. The molecule has 0 saturated carbocycles. The maximum absolute atomic E-state index is 12.6. The average molecular weight is 424 g/mol. The Morgan fingerprint density at radius 2 is 1.96 bits per heavy atom. The van der Waals surface area contributed by atoms with Gasteiger partial charge in [0.15, 0.2) is 10.6 Å². The van der Waals surface area contributed by atoms with Crippen molar-refractivity contribution in [2.45, 2.75) is 26.8 Å². The first-order valence-electron chi connectivity index (χ1n) is 9.29. The van der Waals surface area contributed by atoms with Gasteiger partial charge in [0.05, 0.1) is 5.75 Å². The number of H-pyrrole nitrogens is 1. The molecule has 8 nitrogen and oxygen atoms in total. The molecular weight excluding hydrogens is 398 g/mol. The number of sulfonamides is 1. The normalized spacial score (nSPS) is 15.7. The van der Waals surface area contributed by atoms with E-state index in [1.165, 1.54) is 4.31 Å². The Morgan fingerprint density at radius 3 is 2.61 bits per heavy atom. The molecule has 2 aromatic rings. The van der Waals surface area contributed by atoms with Crippen molar-refractivity contribution >= 4 is 28.1 Å². The summed E-state index contributed by atoms with van der Waals surface area (Å²) < 4.78 is 27.7. The van der Waals surface area contributed by atoms with Gasteiger partial charge in [-0.3, -0.25) is 14.5 Å². The molecule has 0 radical (unpaired) electrons. The number of carbonyl (C=O) groups excluding carboxylic acids is 1. The number of aryl methyl sites for hydroxylation is 1. The second kappa shape index (κ2) is 8.54. The predicted molar refractivity (Wildman–Crippen MR) is 110 cm³/mol. The lowest BCUT2D eigenvalue weighted by Crippen LogP contribution is -2.51. The monoisotopic (exact) mass is 423 g/mol. The van der Waals surface area contributed by atoms with E-state index in [1.54, 1.807) is 11.8 Å². The fourth-order valence-electron chi connectivity index (χ4n) is 3.29. The van der Waals surface area contributed by atoms with E-state index < -0.39 is 10.0 Å². The van der Waals surface area contributed by atoms with E-state index >= 15 is 0 Å². The Morgan fingerprint density at radius 1 is 1.25 bits per heavy atom. The molecule has 1 aliphatic rings. The van der Waals surface area contributed by atoms with E-state index in [4.69, 9.17) is 12.2 Å². The Kier molecular flexibility index (Phi) is 6.31. The molecule has 1 N–H and O–H groups in total. The highest BCUT2D eigenvalue weighted by molar-refractivity contribution is 7.89. The van der Waals surface area contributed by atoms with Crippen molar-refractivity contribution in [1.82, 2.24) is 24.0 Å². The van der Waals surface area contributed by atoms with Crippen LogP contribution >= 0.6 is 12.2 Å². The summed E-state index contributed by atoms with van der Waals surface area (Å²) in [6.45, 7) is 5.59. The number of nitrogens with zero attached hydrogens (tertiary/aromatic N) is 4. The van der Waals surface area contributed by atoms with Crippen molar-refractivity contribution in [1.29, 1.82) is 0 Å². The molecule has 1 fully saturated rings. The van der Waals surface area contributed by atoms with E-state index in [0.29, 0.717) is 43.3 Å². The van der Waals surface area contributed by atoms with Gasteiger partial charge < -0.3 is 4.90 Å². The number of aromatic amines is 1. The fourth-order valence-corrected chi connectivity index (χ4v) is 4.60. The molecule has 28 heavy (non-hydrogen) atoms. The van der Waals surface area contributed by atoms with Crippen molar-refractivity contribution in [3.8, 4) is 11.4 Å². The van der Waals surface area contributed by atoms with Crippen molar-refractivity contribution in [3.63, 3.8) is 0 Å². The Bertz CT molecular complexity index is 1000. The van der Waals surface area contributed by atoms with Gasteiger partial charge in [0.1, 0.15) is 0 Å². The Hall–Kier alpha value is -2.04. The number of rotatable bonds is 6. The van der Waals surface area contributed by atoms with Crippen LogP contribution in [0.25, 0.3) is 11.4 Å². The number of amides is 1. The van der Waals surface area contributed by atoms with Gasteiger partial charge in [0.2, 0.25) is 15.9 Å². The Labute approximate surface area is 170 Å². The molecule has 152 valence electrons. The zero-order chi connectivity index (χ0) is 20.3. The molecule has 1 aromatic heterocycles. The minimum absolute atomic E-state index is 0.00756. The van der Waals surface area contributed by atoms with Gasteiger partial charge in [-0.25, -0.2) is 8.42 Å². The lowest BCUT2D eigenvalue weighted by molar-refractivity contribution is -0.132. The van der Waals surface area contributed by atoms with Crippen LogP contribution in [-0.2, 0) is 21.4 Å². The van der Waals surface area contributed by atoms with E-state index in [0.717, 1.165) is 11.1 Å². The first-order chi connectivity index (χ1) is 13.3. The topological polar surface area (TPSA) is 91.3 Å². The first-order valence-corrected chi connectivity index (χ1v) is 11.3. The summed E-state index contributed by atoms with van der Waals surface area (Å²) in [5, 5.41) is 7.12. The minimum atomic E-state index is -3.20. The standard InChI is InChI=1S/C18H25N5O3S2/c1-3-28(25,26)22-11-9-21(10-12-22)16(24)7-8-23-17(19-20-18(23)27)15-6-4-5-14(2)13-15/h4-6,13H,3,7-12H2,1-2H3,(H,20,27). The van der Waals surface area contributed by atoms with Gasteiger partial charge in [-0.1, -0.05) is 23.8 Å². The summed E-state index contributed by atoms with van der Waals surface area (Å²) in [6.07, 6.45) is 0.285. The predicted octanol–water partition coefficient (Wildman–Crippen LogP) is 1.80.